The molecule has 40 heavy (non-hydrogen) atoms. The van der Waals surface area contributed by atoms with Gasteiger partial charge >= 0.3 is 12.4 Å². The van der Waals surface area contributed by atoms with Crippen molar-refractivity contribution in [3.05, 3.63) is 119 Å². The first-order valence-electron chi connectivity index (χ1n) is 12.4. The summed E-state index contributed by atoms with van der Waals surface area (Å²) in [6.45, 7) is 0.603. The van der Waals surface area contributed by atoms with Crippen LogP contribution in [0.3, 0.4) is 0 Å². The van der Waals surface area contributed by atoms with Crippen molar-refractivity contribution in [2.75, 3.05) is 5.32 Å². The first kappa shape index (κ1) is 27.4. The normalized spacial score (nSPS) is 15.1. The number of nitrogens with zero attached hydrogens (tertiary/aromatic N) is 1. The summed E-state index contributed by atoms with van der Waals surface area (Å²) in [5.74, 6) is -0.802. The summed E-state index contributed by atoms with van der Waals surface area (Å²) < 4.78 is 80.8. The van der Waals surface area contributed by atoms with Crippen LogP contribution in [0, 0.1) is 0 Å². The van der Waals surface area contributed by atoms with Crippen molar-refractivity contribution in [3.63, 3.8) is 0 Å². The van der Waals surface area contributed by atoms with Gasteiger partial charge in [-0.25, -0.2) is 0 Å². The molecule has 206 valence electrons. The molecule has 1 unspecified atom stereocenters. The zero-order valence-corrected chi connectivity index (χ0v) is 20.9. The second kappa shape index (κ2) is 10.8. The molecular formula is C30H23F6N3O. The van der Waals surface area contributed by atoms with Crippen LogP contribution in [0.4, 0.5) is 32.0 Å². The number of carbonyl (C=O) groups is 1. The van der Waals surface area contributed by atoms with E-state index in [0.717, 1.165) is 47.5 Å². The van der Waals surface area contributed by atoms with E-state index in [4.69, 9.17) is 0 Å². The highest BCUT2D eigenvalue weighted by atomic mass is 19.4. The number of aromatic nitrogens is 1. The Bertz CT molecular complexity index is 1520. The van der Waals surface area contributed by atoms with E-state index in [-0.39, 0.29) is 17.2 Å². The lowest BCUT2D eigenvalue weighted by molar-refractivity contribution is -0.138. The van der Waals surface area contributed by atoms with Gasteiger partial charge in [-0.1, -0.05) is 30.3 Å². The molecule has 0 saturated heterocycles. The van der Waals surface area contributed by atoms with Crippen LogP contribution in [0.2, 0.25) is 0 Å². The average molecular weight is 556 g/mol. The lowest BCUT2D eigenvalue weighted by atomic mass is 9.92. The average Bonchev–Trinajstić information content (AvgIpc) is 3.33. The van der Waals surface area contributed by atoms with Crippen molar-refractivity contribution in [1.29, 1.82) is 0 Å². The second-order valence-electron chi connectivity index (χ2n) is 9.55. The molecule has 4 nitrogen and oxygen atoms in total. The summed E-state index contributed by atoms with van der Waals surface area (Å²) in [7, 11) is 0. The van der Waals surface area contributed by atoms with Crippen molar-refractivity contribution >= 4 is 11.6 Å². The van der Waals surface area contributed by atoms with Crippen molar-refractivity contribution in [2.45, 2.75) is 37.8 Å². The van der Waals surface area contributed by atoms with E-state index < -0.39 is 35.0 Å². The number of hydrogen-bond acceptors (Lipinski definition) is 3. The van der Waals surface area contributed by atoms with Crippen LogP contribution >= 0.6 is 0 Å². The number of benzene rings is 3. The number of rotatable bonds is 6. The summed E-state index contributed by atoms with van der Waals surface area (Å²) in [6, 6.07) is 17.6. The van der Waals surface area contributed by atoms with Crippen LogP contribution in [0.5, 0.6) is 0 Å². The van der Waals surface area contributed by atoms with E-state index in [0.29, 0.717) is 30.8 Å². The van der Waals surface area contributed by atoms with Crippen LogP contribution in [0.25, 0.3) is 11.1 Å². The van der Waals surface area contributed by atoms with Gasteiger partial charge in [0.15, 0.2) is 0 Å². The number of halogens is 6. The van der Waals surface area contributed by atoms with E-state index >= 15 is 0 Å². The summed E-state index contributed by atoms with van der Waals surface area (Å²) in [4.78, 5) is 17.6. The fraction of sp³-hybridized carbons (Fsp3) is 0.200. The highest BCUT2D eigenvalue weighted by molar-refractivity contribution is 6.09. The Balaban J connectivity index is 1.37. The number of alkyl halides is 6. The summed E-state index contributed by atoms with van der Waals surface area (Å²) >= 11 is 0. The van der Waals surface area contributed by atoms with Gasteiger partial charge < -0.3 is 10.6 Å². The summed E-state index contributed by atoms with van der Waals surface area (Å²) in [5, 5.41) is 6.13. The Kier molecular flexibility index (Phi) is 7.37. The molecule has 1 heterocycles. The molecule has 1 aliphatic rings. The maximum atomic E-state index is 13.9. The van der Waals surface area contributed by atoms with Crippen molar-refractivity contribution in [3.8, 4) is 11.1 Å². The van der Waals surface area contributed by atoms with Gasteiger partial charge in [0.1, 0.15) is 0 Å². The quantitative estimate of drug-likeness (QED) is 0.246. The van der Waals surface area contributed by atoms with Gasteiger partial charge in [0.25, 0.3) is 5.91 Å². The van der Waals surface area contributed by atoms with Gasteiger partial charge in [-0.2, -0.15) is 26.3 Å². The van der Waals surface area contributed by atoms with Gasteiger partial charge in [0, 0.05) is 35.6 Å². The standard InChI is InChI=1S/C30H23F6N3O/c31-29(32,33)21-10-7-18(8-11-21)27-25(5-3-6-26(27)30(34,35)36)28(40)39-22-12-9-19-14-24(16-20(19)15-22)38-17-23-4-1-2-13-37-23/h1-13,15,24,38H,14,16-17H2,(H,39,40). The zero-order valence-electron chi connectivity index (χ0n) is 20.9. The molecule has 3 aromatic carbocycles. The second-order valence-corrected chi connectivity index (χ2v) is 9.55. The Morgan fingerprint density at radius 3 is 2.25 bits per heavy atom. The largest absolute Gasteiger partial charge is 0.417 e. The minimum Gasteiger partial charge on any atom is -0.322 e. The molecular weight excluding hydrogens is 532 g/mol. The third-order valence-corrected chi connectivity index (χ3v) is 6.81. The van der Waals surface area contributed by atoms with Gasteiger partial charge in [0.05, 0.1) is 16.8 Å². The molecule has 1 aromatic heterocycles. The van der Waals surface area contributed by atoms with Crippen LogP contribution < -0.4 is 10.6 Å². The Hall–Kier alpha value is -4.18. The molecule has 0 aliphatic heterocycles. The monoisotopic (exact) mass is 555 g/mol. The summed E-state index contributed by atoms with van der Waals surface area (Å²) in [6.07, 6.45) is -6.28. The molecule has 0 fully saturated rings. The van der Waals surface area contributed by atoms with E-state index in [9.17, 15) is 31.1 Å². The third kappa shape index (κ3) is 6.02. The number of nitrogens with one attached hydrogen (secondary N) is 2. The van der Waals surface area contributed by atoms with Crippen molar-refractivity contribution in [2.24, 2.45) is 0 Å². The summed E-state index contributed by atoms with van der Waals surface area (Å²) in [5.41, 5.74) is 0.368. The molecule has 5 rings (SSSR count). The lowest BCUT2D eigenvalue weighted by Crippen LogP contribution is -2.29. The minimum absolute atomic E-state index is 0.151. The van der Waals surface area contributed by atoms with E-state index in [1.807, 2.05) is 24.3 Å². The molecule has 0 radical (unpaired) electrons. The number of carbonyl (C=O) groups excluding carboxylic acids is 1. The van der Waals surface area contributed by atoms with Gasteiger partial charge in [-0.3, -0.25) is 9.78 Å². The first-order chi connectivity index (χ1) is 19.0. The minimum atomic E-state index is -4.83. The fourth-order valence-corrected chi connectivity index (χ4v) is 4.90. The van der Waals surface area contributed by atoms with Gasteiger partial charge in [-0.15, -0.1) is 0 Å². The van der Waals surface area contributed by atoms with E-state index in [2.05, 4.69) is 15.6 Å². The molecule has 4 aromatic rings. The molecule has 1 aliphatic carbocycles. The molecule has 0 saturated carbocycles. The molecule has 10 heteroatoms. The van der Waals surface area contributed by atoms with Gasteiger partial charge in [-0.05, 0) is 78.1 Å². The number of amides is 1. The molecule has 0 spiro atoms. The molecule has 1 amide bonds. The predicted molar refractivity (Wildman–Crippen MR) is 139 cm³/mol. The van der Waals surface area contributed by atoms with Gasteiger partial charge in [0.2, 0.25) is 0 Å². The smallest absolute Gasteiger partial charge is 0.322 e. The predicted octanol–water partition coefficient (Wildman–Crippen LogP) is 7.30. The topological polar surface area (TPSA) is 54.0 Å². The van der Waals surface area contributed by atoms with Crippen molar-refractivity contribution in [1.82, 2.24) is 10.3 Å². The third-order valence-electron chi connectivity index (χ3n) is 6.81. The number of fused-ring (bicyclic) bond motifs is 1. The van der Waals surface area contributed by atoms with Crippen LogP contribution in [-0.2, 0) is 31.7 Å². The van der Waals surface area contributed by atoms with Crippen LogP contribution in [-0.4, -0.2) is 16.9 Å². The number of hydrogen-bond donors (Lipinski definition) is 2. The highest BCUT2D eigenvalue weighted by Crippen LogP contribution is 2.40. The van der Waals surface area contributed by atoms with E-state index in [1.54, 1.807) is 18.3 Å². The number of anilines is 1. The molecule has 1 atom stereocenters. The maximum Gasteiger partial charge on any atom is 0.417 e. The molecule has 2 N–H and O–H groups in total. The Morgan fingerprint density at radius 1 is 0.825 bits per heavy atom. The van der Waals surface area contributed by atoms with Crippen molar-refractivity contribution < 1.29 is 31.1 Å². The SMILES string of the molecule is O=C(Nc1ccc2c(c1)CC(NCc1ccccn1)C2)c1cccc(C(F)(F)F)c1-c1ccc(C(F)(F)F)cc1. The van der Waals surface area contributed by atoms with Crippen LogP contribution in [0.15, 0.2) is 85.1 Å². The highest BCUT2D eigenvalue weighted by Gasteiger charge is 2.36. The van der Waals surface area contributed by atoms with Crippen LogP contribution in [0.1, 0.15) is 38.3 Å². The fourth-order valence-electron chi connectivity index (χ4n) is 4.90. The first-order valence-corrected chi connectivity index (χ1v) is 12.4. The maximum absolute atomic E-state index is 13.9. The Labute approximate surface area is 226 Å². The molecule has 0 bridgehead atoms. The number of pyridine rings is 1. The Morgan fingerprint density at radius 2 is 1.57 bits per heavy atom. The zero-order chi connectivity index (χ0) is 28.5. The van der Waals surface area contributed by atoms with E-state index in [1.165, 1.54) is 6.07 Å². The lowest BCUT2D eigenvalue weighted by Gasteiger charge is -2.18.